The van der Waals surface area contributed by atoms with Gasteiger partial charge in [0.25, 0.3) is 5.69 Å². The first-order valence-electron chi connectivity index (χ1n) is 6.84. The molecule has 1 aliphatic heterocycles. The van der Waals surface area contributed by atoms with E-state index in [0.29, 0.717) is 0 Å². The fraction of sp³-hybridized carbons (Fsp3) is 0.125. The Balaban J connectivity index is 1.58. The van der Waals surface area contributed by atoms with E-state index in [4.69, 9.17) is 4.74 Å². The van der Waals surface area contributed by atoms with Crippen LogP contribution in [0, 0.1) is 10.1 Å². The Morgan fingerprint density at radius 3 is 2.45 bits per heavy atom. The van der Waals surface area contributed by atoms with Gasteiger partial charge in [0.2, 0.25) is 0 Å². The van der Waals surface area contributed by atoms with Gasteiger partial charge in [0, 0.05) is 12.1 Å². The van der Waals surface area contributed by atoms with Crippen molar-refractivity contribution in [1.82, 2.24) is 9.97 Å². The number of ether oxygens (including phenoxy) is 1. The van der Waals surface area contributed by atoms with Gasteiger partial charge in [-0.3, -0.25) is 15.1 Å². The lowest BCUT2D eigenvalue weighted by atomic mass is 10.1. The summed E-state index contributed by atoms with van der Waals surface area (Å²) in [7, 11) is 0. The number of nitro benzene ring substituents is 1. The van der Waals surface area contributed by atoms with Crippen molar-refractivity contribution in [3.05, 3.63) is 76.1 Å². The summed E-state index contributed by atoms with van der Waals surface area (Å²) in [6.45, 7) is 0. The molecule has 1 fully saturated rings. The Kier molecular flexibility index (Phi) is 2.83. The van der Waals surface area contributed by atoms with Crippen LogP contribution in [0.2, 0.25) is 0 Å². The molecule has 0 unspecified atom stereocenters. The molecular weight excluding hydrogens is 282 g/mol. The quantitative estimate of drug-likeness (QED) is 0.420. The Morgan fingerprint density at radius 2 is 1.73 bits per heavy atom. The molecule has 1 saturated heterocycles. The molecule has 0 spiro atoms. The number of para-hydroxylation sites is 2. The number of nitrogens with zero attached hydrogens (tertiary/aromatic N) is 3. The largest absolute Gasteiger partial charge is 0.358 e. The number of nitro groups is 1. The van der Waals surface area contributed by atoms with Gasteiger partial charge in [-0.25, -0.2) is 4.98 Å². The zero-order valence-corrected chi connectivity index (χ0v) is 11.4. The fourth-order valence-corrected chi connectivity index (χ4v) is 2.49. The van der Waals surface area contributed by atoms with Crippen LogP contribution in [-0.2, 0) is 4.74 Å². The Bertz CT molecular complexity index is 864. The van der Waals surface area contributed by atoms with E-state index in [1.807, 2.05) is 24.3 Å². The smallest absolute Gasteiger partial charge is 0.269 e. The Morgan fingerprint density at radius 1 is 1.00 bits per heavy atom. The van der Waals surface area contributed by atoms with Crippen molar-refractivity contribution in [3.8, 4) is 0 Å². The second-order valence-electron chi connectivity index (χ2n) is 5.11. The molecule has 2 aromatic carbocycles. The highest BCUT2D eigenvalue weighted by atomic mass is 16.6. The molecule has 2 heterocycles. The summed E-state index contributed by atoms with van der Waals surface area (Å²) in [5.41, 5.74) is 3.44. The van der Waals surface area contributed by atoms with Gasteiger partial charge in [-0.1, -0.05) is 12.1 Å². The molecule has 1 aromatic heterocycles. The molecule has 1 aliphatic rings. The fourth-order valence-electron chi connectivity index (χ4n) is 2.49. The minimum absolute atomic E-state index is 0.0754. The van der Waals surface area contributed by atoms with Crippen LogP contribution in [0.4, 0.5) is 5.69 Å². The number of epoxide rings is 1. The third-order valence-electron chi connectivity index (χ3n) is 3.68. The van der Waals surface area contributed by atoms with Crippen molar-refractivity contribution in [1.29, 1.82) is 0 Å². The molecule has 22 heavy (non-hydrogen) atoms. The van der Waals surface area contributed by atoms with Crippen LogP contribution >= 0.6 is 0 Å². The van der Waals surface area contributed by atoms with Crippen molar-refractivity contribution in [2.24, 2.45) is 0 Å². The molecule has 0 aliphatic carbocycles. The molecule has 3 aromatic rings. The molecular formula is C16H11N3O3. The average molecular weight is 293 g/mol. The van der Waals surface area contributed by atoms with Gasteiger partial charge in [0.05, 0.1) is 27.8 Å². The molecule has 6 heteroatoms. The van der Waals surface area contributed by atoms with Gasteiger partial charge in [0.1, 0.15) is 12.2 Å². The summed E-state index contributed by atoms with van der Waals surface area (Å²) in [6.07, 6.45) is 1.47. The molecule has 108 valence electrons. The van der Waals surface area contributed by atoms with Gasteiger partial charge >= 0.3 is 0 Å². The Hall–Kier alpha value is -2.86. The molecule has 0 N–H and O–H groups in total. The van der Waals surface area contributed by atoms with Crippen molar-refractivity contribution in [2.75, 3.05) is 0 Å². The lowest BCUT2D eigenvalue weighted by Crippen LogP contribution is -1.93. The average Bonchev–Trinajstić information content (AvgIpc) is 3.35. The second-order valence-corrected chi connectivity index (χ2v) is 5.11. The molecule has 0 saturated carbocycles. The standard InChI is InChI=1S/C16H11N3O3/c20-19(21)11-7-5-10(6-8-11)15-16(22-15)14-9-17-12-3-1-2-4-13(12)18-14/h1-9,15-16H/t15-,16-/m1/s1. The lowest BCUT2D eigenvalue weighted by Gasteiger charge is -1.99. The predicted octanol–water partition coefficient (Wildman–Crippen LogP) is 3.35. The van der Waals surface area contributed by atoms with E-state index < -0.39 is 4.92 Å². The number of fused-ring (bicyclic) bond motifs is 1. The van der Waals surface area contributed by atoms with Crippen molar-refractivity contribution in [2.45, 2.75) is 12.2 Å². The molecule has 4 rings (SSSR count). The zero-order valence-electron chi connectivity index (χ0n) is 11.4. The molecule has 0 bridgehead atoms. The maximum atomic E-state index is 10.7. The van der Waals surface area contributed by atoms with Crippen LogP contribution in [-0.4, -0.2) is 14.9 Å². The second kappa shape index (κ2) is 4.85. The summed E-state index contributed by atoms with van der Waals surface area (Å²) in [5, 5.41) is 10.7. The van der Waals surface area contributed by atoms with E-state index in [9.17, 15) is 10.1 Å². The highest BCUT2D eigenvalue weighted by molar-refractivity contribution is 5.73. The monoisotopic (exact) mass is 293 g/mol. The van der Waals surface area contributed by atoms with Gasteiger partial charge in [-0.2, -0.15) is 0 Å². The van der Waals surface area contributed by atoms with E-state index in [1.165, 1.54) is 12.1 Å². The van der Waals surface area contributed by atoms with Crippen LogP contribution in [0.25, 0.3) is 11.0 Å². The van der Waals surface area contributed by atoms with E-state index >= 15 is 0 Å². The number of rotatable bonds is 3. The maximum Gasteiger partial charge on any atom is 0.269 e. The summed E-state index contributed by atoms with van der Waals surface area (Å²) in [5.74, 6) is 0. The summed E-state index contributed by atoms with van der Waals surface area (Å²) >= 11 is 0. The van der Waals surface area contributed by atoms with Crippen LogP contribution in [0.15, 0.2) is 54.7 Å². The van der Waals surface area contributed by atoms with Crippen molar-refractivity contribution in [3.63, 3.8) is 0 Å². The van der Waals surface area contributed by atoms with Gasteiger partial charge in [0.15, 0.2) is 0 Å². The van der Waals surface area contributed by atoms with E-state index in [2.05, 4.69) is 9.97 Å². The first kappa shape index (κ1) is 12.8. The van der Waals surface area contributed by atoms with Gasteiger partial charge < -0.3 is 4.74 Å². The van der Waals surface area contributed by atoms with Gasteiger partial charge in [-0.15, -0.1) is 0 Å². The van der Waals surface area contributed by atoms with Crippen LogP contribution in [0.3, 0.4) is 0 Å². The molecule has 6 nitrogen and oxygen atoms in total. The molecule has 2 atom stereocenters. The zero-order chi connectivity index (χ0) is 15.1. The number of hydrogen-bond acceptors (Lipinski definition) is 5. The summed E-state index contributed by atoms with van der Waals surface area (Å²) in [4.78, 5) is 19.2. The number of benzene rings is 2. The maximum absolute atomic E-state index is 10.7. The first-order valence-corrected chi connectivity index (χ1v) is 6.84. The first-order chi connectivity index (χ1) is 10.7. The predicted molar refractivity (Wildman–Crippen MR) is 79.2 cm³/mol. The van der Waals surface area contributed by atoms with Crippen LogP contribution < -0.4 is 0 Å². The van der Waals surface area contributed by atoms with Crippen LogP contribution in [0.5, 0.6) is 0 Å². The highest BCUT2D eigenvalue weighted by Crippen LogP contribution is 2.50. The van der Waals surface area contributed by atoms with Crippen LogP contribution in [0.1, 0.15) is 23.5 Å². The van der Waals surface area contributed by atoms with Gasteiger partial charge in [-0.05, 0) is 29.8 Å². The summed E-state index contributed by atoms with van der Waals surface area (Å²) < 4.78 is 5.67. The third-order valence-corrected chi connectivity index (χ3v) is 3.68. The summed E-state index contributed by atoms with van der Waals surface area (Å²) in [6, 6.07) is 14.1. The Labute approximate surface area is 125 Å². The van der Waals surface area contributed by atoms with E-state index in [0.717, 1.165) is 22.3 Å². The minimum atomic E-state index is -0.413. The highest BCUT2D eigenvalue weighted by Gasteiger charge is 2.43. The normalized spacial score (nSPS) is 20.0. The number of hydrogen-bond donors (Lipinski definition) is 0. The lowest BCUT2D eigenvalue weighted by molar-refractivity contribution is -0.384. The van der Waals surface area contributed by atoms with Crippen molar-refractivity contribution < 1.29 is 9.66 Å². The number of non-ortho nitro benzene ring substituents is 1. The minimum Gasteiger partial charge on any atom is -0.358 e. The van der Waals surface area contributed by atoms with E-state index in [-0.39, 0.29) is 17.9 Å². The third kappa shape index (κ3) is 2.19. The SMILES string of the molecule is O=[N+]([O-])c1ccc([C@H]2O[C@@H]2c2cnc3ccccc3n2)cc1. The molecule has 0 amide bonds. The molecule has 0 radical (unpaired) electrons. The topological polar surface area (TPSA) is 81.5 Å². The number of aromatic nitrogens is 2. The van der Waals surface area contributed by atoms with Crippen molar-refractivity contribution >= 4 is 16.7 Å². The van der Waals surface area contributed by atoms with E-state index in [1.54, 1.807) is 18.3 Å².